The highest BCUT2D eigenvalue weighted by Gasteiger charge is 1.90. The van der Waals surface area contributed by atoms with Crippen molar-refractivity contribution in [2.24, 2.45) is 4.99 Å². The smallest absolute Gasteiger partial charge is 0.107 e. The van der Waals surface area contributed by atoms with E-state index in [-0.39, 0.29) is 0 Å². The van der Waals surface area contributed by atoms with Crippen LogP contribution in [0.15, 0.2) is 65.4 Å². The highest BCUT2D eigenvalue weighted by Crippen LogP contribution is 2.00. The zero-order valence-corrected chi connectivity index (χ0v) is 12.3. The van der Waals surface area contributed by atoms with Crippen molar-refractivity contribution in [1.82, 2.24) is 15.0 Å². The molecular formula is C19H14N4. The second-order valence-corrected chi connectivity index (χ2v) is 5.16. The number of aliphatic imine (C=N–C) groups is 1. The molecule has 0 aromatic carbocycles. The van der Waals surface area contributed by atoms with E-state index in [4.69, 9.17) is 0 Å². The van der Waals surface area contributed by atoms with E-state index >= 15 is 0 Å². The predicted octanol–water partition coefficient (Wildman–Crippen LogP) is 0.155. The van der Waals surface area contributed by atoms with Crippen molar-refractivity contribution < 1.29 is 0 Å². The van der Waals surface area contributed by atoms with E-state index in [1.54, 1.807) is 6.21 Å². The highest BCUT2D eigenvalue weighted by atomic mass is 14.7. The van der Waals surface area contributed by atoms with Gasteiger partial charge in [-0.2, -0.15) is 0 Å². The number of allylic oxidation sites excluding steroid dienone is 2. The third kappa shape index (κ3) is 3.09. The van der Waals surface area contributed by atoms with Crippen LogP contribution < -0.4 is 21.4 Å². The van der Waals surface area contributed by atoms with Crippen LogP contribution in [-0.4, -0.2) is 21.2 Å². The van der Waals surface area contributed by atoms with Crippen molar-refractivity contribution in [3.63, 3.8) is 0 Å². The van der Waals surface area contributed by atoms with Crippen molar-refractivity contribution in [3.8, 4) is 0 Å². The van der Waals surface area contributed by atoms with Gasteiger partial charge < -0.3 is 15.0 Å². The summed E-state index contributed by atoms with van der Waals surface area (Å²) in [5.74, 6) is 0. The molecule has 0 unspecified atom stereocenters. The summed E-state index contributed by atoms with van der Waals surface area (Å²) in [6.07, 6.45) is 9.52. The van der Waals surface area contributed by atoms with Gasteiger partial charge in [0.15, 0.2) is 0 Å². The van der Waals surface area contributed by atoms with Gasteiger partial charge in [-0.1, -0.05) is 11.5 Å². The van der Waals surface area contributed by atoms with Gasteiger partial charge >= 0.3 is 0 Å². The molecule has 0 fully saturated rings. The summed E-state index contributed by atoms with van der Waals surface area (Å²) in [7, 11) is 0. The molecule has 0 bridgehead atoms. The van der Waals surface area contributed by atoms with E-state index in [0.29, 0.717) is 0 Å². The molecule has 3 N–H and O–H groups in total. The average Bonchev–Trinajstić information content (AvgIpc) is 3.31. The molecule has 110 valence electrons. The zero-order chi connectivity index (χ0) is 15.5. The summed E-state index contributed by atoms with van der Waals surface area (Å²) in [6, 6.07) is 12.0. The van der Waals surface area contributed by atoms with Crippen LogP contribution in [0, 0.1) is 0 Å². The molecule has 0 radical (unpaired) electrons. The van der Waals surface area contributed by atoms with Gasteiger partial charge in [0.25, 0.3) is 0 Å². The Hall–Kier alpha value is -3.45. The van der Waals surface area contributed by atoms with Crippen LogP contribution in [0.2, 0.25) is 0 Å². The highest BCUT2D eigenvalue weighted by molar-refractivity contribution is 5.77. The summed E-state index contributed by atoms with van der Waals surface area (Å²) >= 11 is 0. The van der Waals surface area contributed by atoms with Crippen molar-refractivity contribution in [2.75, 3.05) is 0 Å². The Bertz CT molecular complexity index is 1160. The second kappa shape index (κ2) is 5.74. The molecule has 3 aromatic rings. The van der Waals surface area contributed by atoms with Crippen LogP contribution >= 0.6 is 0 Å². The van der Waals surface area contributed by atoms with Crippen molar-refractivity contribution in [1.29, 1.82) is 0 Å². The van der Waals surface area contributed by atoms with Gasteiger partial charge in [0.1, 0.15) is 5.70 Å². The lowest BCUT2D eigenvalue weighted by atomic mass is 10.4. The van der Waals surface area contributed by atoms with Crippen LogP contribution in [0.25, 0.3) is 17.5 Å². The van der Waals surface area contributed by atoms with Gasteiger partial charge in [0.05, 0.1) is 16.0 Å². The maximum atomic E-state index is 4.18. The van der Waals surface area contributed by atoms with Crippen LogP contribution in [-0.2, 0) is 0 Å². The number of nitrogens with one attached hydrogen (secondary N) is 3. The van der Waals surface area contributed by atoms with Gasteiger partial charge in [-0.3, -0.25) is 0 Å². The third-order valence-corrected chi connectivity index (χ3v) is 3.41. The molecule has 3 aromatic heterocycles. The summed E-state index contributed by atoms with van der Waals surface area (Å²) in [5, 5.41) is 3.73. The number of hydrogen-bond acceptors (Lipinski definition) is 1. The summed E-state index contributed by atoms with van der Waals surface area (Å²) in [6.45, 7) is 0. The van der Waals surface area contributed by atoms with E-state index in [1.807, 2.05) is 60.8 Å². The Morgan fingerprint density at radius 1 is 0.913 bits per heavy atom. The maximum absolute atomic E-state index is 4.18. The molecule has 4 nitrogen and oxygen atoms in total. The summed E-state index contributed by atoms with van der Waals surface area (Å²) in [4.78, 5) is 13.9. The van der Waals surface area contributed by atoms with E-state index < -0.39 is 0 Å². The molecule has 23 heavy (non-hydrogen) atoms. The predicted molar refractivity (Wildman–Crippen MR) is 91.5 cm³/mol. The van der Waals surface area contributed by atoms with Gasteiger partial charge in [-0.15, -0.1) is 0 Å². The Kier molecular flexibility index (Phi) is 3.30. The van der Waals surface area contributed by atoms with Gasteiger partial charge in [0.2, 0.25) is 0 Å². The van der Waals surface area contributed by atoms with E-state index in [9.17, 15) is 0 Å². The van der Waals surface area contributed by atoms with Gasteiger partial charge in [0, 0.05) is 23.5 Å². The molecule has 4 heterocycles. The molecule has 4 heteroatoms. The van der Waals surface area contributed by atoms with E-state index in [1.165, 1.54) is 0 Å². The average molecular weight is 298 g/mol. The Morgan fingerprint density at radius 2 is 1.74 bits per heavy atom. The monoisotopic (exact) mass is 298 g/mol. The molecule has 0 saturated carbocycles. The van der Waals surface area contributed by atoms with Crippen molar-refractivity contribution in [2.45, 2.75) is 0 Å². The Morgan fingerprint density at radius 3 is 2.52 bits per heavy atom. The number of hydrogen-bond donors (Lipinski definition) is 3. The van der Waals surface area contributed by atoms with Crippen LogP contribution in [0.1, 0.15) is 5.69 Å². The first-order valence-electron chi connectivity index (χ1n) is 7.33. The van der Waals surface area contributed by atoms with Gasteiger partial charge in [-0.05, 0) is 54.6 Å². The summed E-state index contributed by atoms with van der Waals surface area (Å²) in [5.41, 5.74) is 8.38. The zero-order valence-electron chi connectivity index (χ0n) is 12.3. The SMILES string of the molecule is C(=C1C=CC=N1)=c1ccc(=C=c2ccc(=Cc3ccc[nH]3)[nH]2)[nH]1. The number of H-pyrrole nitrogens is 3. The largest absolute Gasteiger partial charge is 0.362 e. The first-order valence-corrected chi connectivity index (χ1v) is 7.33. The van der Waals surface area contributed by atoms with Crippen LogP contribution in [0.5, 0.6) is 0 Å². The van der Waals surface area contributed by atoms with E-state index in [2.05, 4.69) is 31.4 Å². The summed E-state index contributed by atoms with van der Waals surface area (Å²) < 4.78 is 0. The van der Waals surface area contributed by atoms with Gasteiger partial charge in [-0.25, -0.2) is 4.99 Å². The van der Waals surface area contributed by atoms with Crippen molar-refractivity contribution >= 4 is 23.8 Å². The lowest BCUT2D eigenvalue weighted by Crippen LogP contribution is -2.13. The Balaban J connectivity index is 1.82. The fourth-order valence-corrected chi connectivity index (χ4v) is 2.37. The van der Waals surface area contributed by atoms with Crippen molar-refractivity contribution in [3.05, 3.63) is 87.5 Å². The third-order valence-electron chi connectivity index (χ3n) is 3.41. The molecule has 0 saturated heterocycles. The maximum Gasteiger partial charge on any atom is 0.107 e. The lowest BCUT2D eigenvalue weighted by Gasteiger charge is -1.81. The molecule has 1 aliphatic heterocycles. The number of rotatable bonds is 1. The fraction of sp³-hybridized carbons (Fsp3) is 0. The lowest BCUT2D eigenvalue weighted by molar-refractivity contribution is 1.24. The molecule has 0 atom stereocenters. The minimum Gasteiger partial charge on any atom is -0.362 e. The number of nitrogens with zero attached hydrogens (tertiary/aromatic N) is 1. The molecule has 1 aliphatic rings. The minimum atomic E-state index is 0.820. The minimum absolute atomic E-state index is 0.820. The molecule has 4 rings (SSSR count). The molecule has 0 spiro atoms. The molecular weight excluding hydrogens is 284 g/mol. The number of aromatic nitrogens is 3. The fourth-order valence-electron chi connectivity index (χ4n) is 2.37. The second-order valence-electron chi connectivity index (χ2n) is 5.16. The van der Waals surface area contributed by atoms with Crippen LogP contribution in [0.3, 0.4) is 0 Å². The Labute approximate surface area is 131 Å². The quantitative estimate of drug-likeness (QED) is 0.573. The van der Waals surface area contributed by atoms with Crippen LogP contribution in [0.4, 0.5) is 0 Å². The van der Waals surface area contributed by atoms with E-state index in [0.717, 1.165) is 32.8 Å². The normalized spacial score (nSPS) is 13.6. The number of aromatic amines is 3. The first kappa shape index (κ1) is 13.2. The standard InChI is InChI=1S/C19H14N4/c1-3-14(20-9-1)11-16-5-7-18(22-16)13-19-8-6-17(23-19)12-15-4-2-10-21-15/h1-11,20,22-23H. The topological polar surface area (TPSA) is 59.7 Å². The molecule has 0 aliphatic carbocycles. The first-order chi connectivity index (χ1) is 11.3. The molecule has 0 amide bonds.